The Kier molecular flexibility index (Phi) is 6.51. The van der Waals surface area contributed by atoms with E-state index in [2.05, 4.69) is 64.0 Å². The third-order valence-electron chi connectivity index (χ3n) is 6.87. The molecule has 8 nitrogen and oxygen atoms in total. The zero-order chi connectivity index (χ0) is 24.5. The number of ether oxygens (including phenoxy) is 1. The number of piperidine rings is 1. The van der Waals surface area contributed by atoms with Crippen LogP contribution in [0.1, 0.15) is 26.7 Å². The lowest BCUT2D eigenvalue weighted by atomic mass is 10.0. The van der Waals surface area contributed by atoms with E-state index in [0.29, 0.717) is 48.1 Å². The standard InChI is InChI=1S/C26H33FN6O2/c1-17(2)33-11-12-34-25-21(27)13-18(14-22(25)33)23-16-29-26(35-23)30-24-6-5-20(15-28-24)32-9-7-19(8-10-32)31(3)4/h5-6,13-17,19H,7-12H2,1-4H3,(H,28,29,30). The first-order valence-electron chi connectivity index (χ1n) is 12.2. The molecule has 4 heterocycles. The monoisotopic (exact) mass is 480 g/mol. The van der Waals surface area contributed by atoms with Gasteiger partial charge in [0.2, 0.25) is 0 Å². The summed E-state index contributed by atoms with van der Waals surface area (Å²) in [4.78, 5) is 15.7. The zero-order valence-corrected chi connectivity index (χ0v) is 20.8. The molecule has 1 N–H and O–H groups in total. The topological polar surface area (TPSA) is 69.9 Å². The van der Waals surface area contributed by atoms with Crippen molar-refractivity contribution >= 4 is 23.2 Å². The maximum absolute atomic E-state index is 14.8. The summed E-state index contributed by atoms with van der Waals surface area (Å²) in [7, 11) is 4.29. The molecule has 1 aromatic carbocycles. The summed E-state index contributed by atoms with van der Waals surface area (Å²) in [6.07, 6.45) is 5.77. The molecule has 2 aromatic heterocycles. The van der Waals surface area contributed by atoms with Crippen LogP contribution < -0.4 is 19.9 Å². The highest BCUT2D eigenvalue weighted by atomic mass is 19.1. The average molecular weight is 481 g/mol. The number of nitrogens with one attached hydrogen (secondary N) is 1. The minimum Gasteiger partial charge on any atom is -0.486 e. The normalized spacial score (nSPS) is 16.5. The molecule has 0 radical (unpaired) electrons. The maximum atomic E-state index is 14.8. The van der Waals surface area contributed by atoms with Crippen LogP contribution in [0.5, 0.6) is 5.75 Å². The Morgan fingerprint density at radius 2 is 1.89 bits per heavy atom. The van der Waals surface area contributed by atoms with E-state index in [4.69, 9.17) is 9.15 Å². The molecule has 35 heavy (non-hydrogen) atoms. The molecule has 1 fully saturated rings. The summed E-state index contributed by atoms with van der Waals surface area (Å²) in [5.74, 6) is 1.01. The number of hydrogen-bond acceptors (Lipinski definition) is 8. The smallest absolute Gasteiger partial charge is 0.300 e. The number of fused-ring (bicyclic) bond motifs is 1. The molecular weight excluding hydrogens is 447 g/mol. The van der Waals surface area contributed by atoms with Crippen molar-refractivity contribution in [2.75, 3.05) is 55.5 Å². The van der Waals surface area contributed by atoms with Crippen molar-refractivity contribution < 1.29 is 13.5 Å². The van der Waals surface area contributed by atoms with E-state index < -0.39 is 5.82 Å². The van der Waals surface area contributed by atoms with Gasteiger partial charge in [-0.2, -0.15) is 0 Å². The third-order valence-corrected chi connectivity index (χ3v) is 6.87. The van der Waals surface area contributed by atoms with Gasteiger partial charge in [0.1, 0.15) is 12.4 Å². The largest absolute Gasteiger partial charge is 0.486 e. The highest BCUT2D eigenvalue weighted by Crippen LogP contribution is 2.39. The number of pyridine rings is 1. The summed E-state index contributed by atoms with van der Waals surface area (Å²) >= 11 is 0. The molecule has 9 heteroatoms. The Hall–Kier alpha value is -3.33. The molecule has 0 spiro atoms. The lowest BCUT2D eigenvalue weighted by Crippen LogP contribution is -2.42. The van der Waals surface area contributed by atoms with Gasteiger partial charge in [-0.15, -0.1) is 0 Å². The Bertz CT molecular complexity index is 1160. The van der Waals surface area contributed by atoms with Crippen LogP contribution in [0.3, 0.4) is 0 Å². The second kappa shape index (κ2) is 9.73. The van der Waals surface area contributed by atoms with E-state index in [9.17, 15) is 4.39 Å². The van der Waals surface area contributed by atoms with E-state index in [0.717, 1.165) is 37.3 Å². The molecule has 2 aliphatic rings. The molecule has 0 atom stereocenters. The highest BCUT2D eigenvalue weighted by molar-refractivity contribution is 5.71. The van der Waals surface area contributed by atoms with Crippen LogP contribution in [0.4, 0.5) is 27.6 Å². The van der Waals surface area contributed by atoms with Crippen molar-refractivity contribution in [1.82, 2.24) is 14.9 Å². The maximum Gasteiger partial charge on any atom is 0.300 e. The van der Waals surface area contributed by atoms with Gasteiger partial charge in [-0.1, -0.05) is 0 Å². The van der Waals surface area contributed by atoms with E-state index in [1.807, 2.05) is 18.3 Å². The third kappa shape index (κ3) is 4.91. The Morgan fingerprint density at radius 3 is 2.57 bits per heavy atom. The van der Waals surface area contributed by atoms with Crippen molar-refractivity contribution in [3.05, 3.63) is 42.5 Å². The van der Waals surface area contributed by atoms with Crippen LogP contribution in [0.2, 0.25) is 0 Å². The number of rotatable bonds is 6. The molecule has 3 aromatic rings. The summed E-state index contributed by atoms with van der Waals surface area (Å²) in [6, 6.07) is 8.49. The van der Waals surface area contributed by atoms with Crippen molar-refractivity contribution in [2.45, 2.75) is 38.8 Å². The lowest BCUT2D eigenvalue weighted by Gasteiger charge is -2.36. The van der Waals surface area contributed by atoms with Crippen molar-refractivity contribution in [2.24, 2.45) is 0 Å². The number of hydrogen-bond donors (Lipinski definition) is 1. The van der Waals surface area contributed by atoms with E-state index in [1.54, 1.807) is 6.20 Å². The fraction of sp³-hybridized carbons (Fsp3) is 0.462. The Morgan fingerprint density at radius 1 is 1.09 bits per heavy atom. The molecule has 0 unspecified atom stereocenters. The minimum atomic E-state index is -0.402. The van der Waals surface area contributed by atoms with Crippen LogP contribution in [0, 0.1) is 5.82 Å². The van der Waals surface area contributed by atoms with Gasteiger partial charge in [0.25, 0.3) is 0 Å². The number of benzene rings is 1. The predicted molar refractivity (Wildman–Crippen MR) is 136 cm³/mol. The minimum absolute atomic E-state index is 0.229. The molecular formula is C26H33FN6O2. The molecule has 0 saturated carbocycles. The summed E-state index contributed by atoms with van der Waals surface area (Å²) < 4.78 is 26.3. The number of anilines is 4. The Balaban J connectivity index is 1.28. The van der Waals surface area contributed by atoms with Gasteiger partial charge in [0.05, 0.1) is 30.3 Å². The summed E-state index contributed by atoms with van der Waals surface area (Å²) in [5.41, 5.74) is 2.46. The van der Waals surface area contributed by atoms with Gasteiger partial charge in [-0.05, 0) is 65.0 Å². The van der Waals surface area contributed by atoms with Gasteiger partial charge >= 0.3 is 6.01 Å². The van der Waals surface area contributed by atoms with Gasteiger partial charge in [-0.3, -0.25) is 5.32 Å². The fourth-order valence-corrected chi connectivity index (χ4v) is 4.84. The summed E-state index contributed by atoms with van der Waals surface area (Å²) in [5, 5.41) is 3.11. The first kappa shape index (κ1) is 23.4. The first-order valence-corrected chi connectivity index (χ1v) is 12.2. The van der Waals surface area contributed by atoms with E-state index in [-0.39, 0.29) is 6.04 Å². The molecule has 0 amide bonds. The van der Waals surface area contributed by atoms with Crippen LogP contribution in [-0.2, 0) is 0 Å². The number of nitrogens with zero attached hydrogens (tertiary/aromatic N) is 5. The zero-order valence-electron chi connectivity index (χ0n) is 20.8. The van der Waals surface area contributed by atoms with E-state index >= 15 is 0 Å². The summed E-state index contributed by atoms with van der Waals surface area (Å²) in [6.45, 7) is 7.40. The molecule has 186 valence electrons. The van der Waals surface area contributed by atoms with Gasteiger partial charge in [0, 0.05) is 30.7 Å². The average Bonchev–Trinajstić information content (AvgIpc) is 3.32. The SMILES string of the molecule is CC(C)N1CCOc2c(F)cc(-c3cnc(Nc4ccc(N5CCC(N(C)C)CC5)cn4)o3)cc21. The molecule has 1 saturated heterocycles. The van der Waals surface area contributed by atoms with Crippen molar-refractivity contribution in [1.29, 1.82) is 0 Å². The molecule has 0 bridgehead atoms. The first-order chi connectivity index (χ1) is 16.9. The van der Waals surface area contributed by atoms with Gasteiger partial charge in [0.15, 0.2) is 17.3 Å². The van der Waals surface area contributed by atoms with Gasteiger partial charge in [-0.25, -0.2) is 14.4 Å². The van der Waals surface area contributed by atoms with Crippen LogP contribution in [0.15, 0.2) is 41.1 Å². The van der Waals surface area contributed by atoms with Crippen molar-refractivity contribution in [3.63, 3.8) is 0 Å². The Labute approximate surface area is 205 Å². The lowest BCUT2D eigenvalue weighted by molar-refractivity contribution is 0.249. The molecule has 0 aliphatic carbocycles. The highest BCUT2D eigenvalue weighted by Gasteiger charge is 2.25. The predicted octanol–water partition coefficient (Wildman–Crippen LogP) is 4.76. The number of aromatic nitrogens is 2. The fourth-order valence-electron chi connectivity index (χ4n) is 4.84. The quantitative estimate of drug-likeness (QED) is 0.542. The number of halogens is 1. The van der Waals surface area contributed by atoms with Crippen LogP contribution in [0.25, 0.3) is 11.3 Å². The van der Waals surface area contributed by atoms with Gasteiger partial charge < -0.3 is 23.9 Å². The number of oxazole rings is 1. The van der Waals surface area contributed by atoms with Crippen LogP contribution in [-0.4, -0.2) is 67.3 Å². The second-order valence-corrected chi connectivity index (χ2v) is 9.68. The second-order valence-electron chi connectivity index (χ2n) is 9.68. The molecule has 2 aliphatic heterocycles. The van der Waals surface area contributed by atoms with E-state index in [1.165, 1.54) is 6.07 Å². The van der Waals surface area contributed by atoms with Crippen molar-refractivity contribution in [3.8, 4) is 17.1 Å². The van der Waals surface area contributed by atoms with Crippen LogP contribution >= 0.6 is 0 Å². The molecule has 5 rings (SSSR count).